The van der Waals surface area contributed by atoms with Crippen molar-refractivity contribution >= 4 is 21.5 Å². The summed E-state index contributed by atoms with van der Waals surface area (Å²) in [6, 6.07) is 85.2. The summed E-state index contributed by atoms with van der Waals surface area (Å²) in [4.78, 5) is 0. The molecule has 0 radical (unpaired) electrons. The Bertz CT molecular complexity index is 3130. The van der Waals surface area contributed by atoms with Crippen LogP contribution in [0.15, 0.2) is 231 Å². The van der Waals surface area contributed by atoms with Crippen molar-refractivity contribution < 1.29 is 4.74 Å². The highest BCUT2D eigenvalue weighted by Gasteiger charge is 2.47. The summed E-state index contributed by atoms with van der Waals surface area (Å²) in [7, 11) is 0. The second-order valence-electron chi connectivity index (χ2n) is 16.8. The topological polar surface area (TPSA) is 9.23 Å². The van der Waals surface area contributed by atoms with Crippen LogP contribution in [0.3, 0.4) is 0 Å². The molecule has 0 N–H and O–H groups in total. The van der Waals surface area contributed by atoms with Crippen LogP contribution in [-0.4, -0.2) is 0 Å². The second kappa shape index (κ2) is 14.1. The Morgan fingerprint density at radius 1 is 0.344 bits per heavy atom. The maximum absolute atomic E-state index is 6.94. The van der Waals surface area contributed by atoms with Crippen LogP contribution in [0, 0.1) is 0 Å². The first-order valence-corrected chi connectivity index (χ1v) is 21.4. The van der Waals surface area contributed by atoms with Crippen molar-refractivity contribution in [2.24, 2.45) is 0 Å². The van der Waals surface area contributed by atoms with Crippen LogP contribution in [0.25, 0.3) is 43.8 Å². The van der Waals surface area contributed by atoms with Crippen molar-refractivity contribution in [3.8, 4) is 33.8 Å². The Labute approximate surface area is 357 Å². The lowest BCUT2D eigenvalue weighted by Gasteiger charge is -2.42. The molecule has 0 bridgehead atoms. The van der Waals surface area contributed by atoms with E-state index in [4.69, 9.17) is 4.74 Å². The van der Waals surface area contributed by atoms with Gasteiger partial charge in [-0.2, -0.15) is 0 Å². The standard InChI is InChI=1S/C60H42O/c1-4-16-41(17-5-1)39-59(57-49-24-12-10-18-44(49)33-36-55(57)61-56-37-34-45-19-11-13-25-50(45)58(56)59)40-42-28-30-43(31-29-42)46-32-35-52-51-26-14-15-27-53(51)60(54(52)38-46,47-20-6-2-7-21-47)48-22-8-3-9-23-48/h1-38H,39-40H2. The van der Waals surface area contributed by atoms with Gasteiger partial charge in [-0.1, -0.05) is 212 Å². The van der Waals surface area contributed by atoms with Gasteiger partial charge in [0.15, 0.2) is 0 Å². The van der Waals surface area contributed by atoms with Crippen molar-refractivity contribution in [2.45, 2.75) is 23.7 Å². The molecule has 1 nitrogen and oxygen atoms in total. The van der Waals surface area contributed by atoms with Gasteiger partial charge in [-0.05, 0) is 108 Å². The SMILES string of the molecule is c1ccc(CC2(Cc3ccc(-c4ccc5c(c4)C(c4ccccc4)(c4ccccc4)c4ccccc4-5)cc3)c3c(ccc4ccccc34)Oc3ccc4ccccc4c32)cc1. The lowest BCUT2D eigenvalue weighted by Crippen LogP contribution is -2.37. The first kappa shape index (κ1) is 35.5. The smallest absolute Gasteiger partial charge is 0.132 e. The third kappa shape index (κ3) is 5.47. The molecule has 0 atom stereocenters. The van der Waals surface area contributed by atoms with Gasteiger partial charge in [-0.15, -0.1) is 0 Å². The summed E-state index contributed by atoms with van der Waals surface area (Å²) in [6.07, 6.45) is 1.63. The average molecular weight is 779 g/mol. The number of rotatable bonds is 7. The second-order valence-corrected chi connectivity index (χ2v) is 16.8. The Morgan fingerprint density at radius 2 is 0.820 bits per heavy atom. The minimum atomic E-state index is -0.441. The Balaban J connectivity index is 1.03. The highest BCUT2D eigenvalue weighted by Crippen LogP contribution is 2.58. The zero-order chi connectivity index (χ0) is 40.4. The molecule has 10 aromatic carbocycles. The number of hydrogen-bond donors (Lipinski definition) is 0. The quantitative estimate of drug-likeness (QED) is 0.157. The van der Waals surface area contributed by atoms with Crippen LogP contribution >= 0.6 is 0 Å². The van der Waals surface area contributed by atoms with Crippen molar-refractivity contribution in [3.05, 3.63) is 275 Å². The minimum Gasteiger partial charge on any atom is -0.457 e. The van der Waals surface area contributed by atoms with E-state index in [9.17, 15) is 0 Å². The zero-order valence-corrected chi connectivity index (χ0v) is 33.8. The van der Waals surface area contributed by atoms with E-state index in [0.717, 1.165) is 24.3 Å². The molecule has 2 aliphatic rings. The van der Waals surface area contributed by atoms with Crippen LogP contribution in [0.5, 0.6) is 11.5 Å². The third-order valence-electron chi connectivity index (χ3n) is 13.6. The predicted octanol–water partition coefficient (Wildman–Crippen LogP) is 14.9. The first-order chi connectivity index (χ1) is 30.2. The number of fused-ring (bicyclic) bond motifs is 9. The molecule has 1 aliphatic heterocycles. The van der Waals surface area contributed by atoms with Crippen molar-refractivity contribution in [2.75, 3.05) is 0 Å². The van der Waals surface area contributed by atoms with E-state index in [2.05, 4.69) is 231 Å². The van der Waals surface area contributed by atoms with Crippen molar-refractivity contribution in [1.29, 1.82) is 0 Å². The molecule has 0 aromatic heterocycles. The lowest BCUT2D eigenvalue weighted by molar-refractivity contribution is 0.391. The van der Waals surface area contributed by atoms with Gasteiger partial charge in [-0.25, -0.2) is 0 Å². The van der Waals surface area contributed by atoms with Gasteiger partial charge >= 0.3 is 0 Å². The maximum Gasteiger partial charge on any atom is 0.132 e. The Morgan fingerprint density at radius 3 is 1.43 bits per heavy atom. The van der Waals surface area contributed by atoms with E-state index in [1.54, 1.807) is 0 Å². The van der Waals surface area contributed by atoms with Crippen molar-refractivity contribution in [3.63, 3.8) is 0 Å². The Kier molecular flexibility index (Phi) is 8.18. The van der Waals surface area contributed by atoms with Gasteiger partial charge < -0.3 is 4.74 Å². The predicted molar refractivity (Wildman–Crippen MR) is 252 cm³/mol. The van der Waals surface area contributed by atoms with Gasteiger partial charge in [0.25, 0.3) is 0 Å². The monoisotopic (exact) mass is 778 g/mol. The van der Waals surface area contributed by atoms with Gasteiger partial charge in [0.05, 0.1) is 5.41 Å². The number of benzene rings is 10. The van der Waals surface area contributed by atoms with Crippen LogP contribution in [0.4, 0.5) is 0 Å². The number of hydrogen-bond acceptors (Lipinski definition) is 1. The van der Waals surface area contributed by atoms with Gasteiger partial charge in [0.1, 0.15) is 11.5 Å². The van der Waals surface area contributed by atoms with Gasteiger partial charge in [-0.3, -0.25) is 0 Å². The minimum absolute atomic E-state index is 0.433. The maximum atomic E-state index is 6.94. The van der Waals surface area contributed by atoms with E-state index in [1.807, 2.05) is 0 Å². The van der Waals surface area contributed by atoms with E-state index in [-0.39, 0.29) is 0 Å². The molecule has 0 amide bonds. The summed E-state index contributed by atoms with van der Waals surface area (Å²) in [5.74, 6) is 1.88. The summed E-state index contributed by atoms with van der Waals surface area (Å²) in [5.41, 5.74) is 14.5. The van der Waals surface area contributed by atoms with E-state index in [1.165, 1.54) is 88.3 Å². The molecular formula is C60H42O. The molecule has 10 aromatic rings. The molecule has 1 heterocycles. The molecule has 288 valence electrons. The van der Waals surface area contributed by atoms with Crippen LogP contribution in [0.1, 0.15) is 44.5 Å². The molecule has 61 heavy (non-hydrogen) atoms. The van der Waals surface area contributed by atoms with E-state index in [0.29, 0.717) is 0 Å². The molecule has 0 fully saturated rings. The summed E-state index contributed by atoms with van der Waals surface area (Å²) in [5, 5.41) is 4.93. The normalized spacial score (nSPS) is 14.1. The first-order valence-electron chi connectivity index (χ1n) is 21.4. The molecule has 0 unspecified atom stereocenters. The van der Waals surface area contributed by atoms with Crippen LogP contribution in [-0.2, 0) is 23.7 Å². The highest BCUT2D eigenvalue weighted by atomic mass is 16.5. The molecule has 0 saturated heterocycles. The lowest BCUT2D eigenvalue weighted by atomic mass is 9.63. The van der Waals surface area contributed by atoms with Crippen LogP contribution in [0.2, 0.25) is 0 Å². The fourth-order valence-corrected chi connectivity index (χ4v) is 11.1. The third-order valence-corrected chi connectivity index (χ3v) is 13.6. The average Bonchev–Trinajstić information content (AvgIpc) is 3.63. The summed E-state index contributed by atoms with van der Waals surface area (Å²) in [6.45, 7) is 0. The number of ether oxygens (including phenoxy) is 1. The molecule has 1 heteroatoms. The van der Waals surface area contributed by atoms with E-state index >= 15 is 0 Å². The molecule has 12 rings (SSSR count). The van der Waals surface area contributed by atoms with Crippen molar-refractivity contribution in [1.82, 2.24) is 0 Å². The Hall–Kier alpha value is -7.48. The largest absolute Gasteiger partial charge is 0.457 e. The fourth-order valence-electron chi connectivity index (χ4n) is 11.1. The van der Waals surface area contributed by atoms with E-state index < -0.39 is 10.8 Å². The fraction of sp³-hybridized carbons (Fsp3) is 0.0667. The molecule has 0 spiro atoms. The molecular weight excluding hydrogens is 737 g/mol. The van der Waals surface area contributed by atoms with Gasteiger partial charge in [0, 0.05) is 16.5 Å². The molecule has 1 aliphatic carbocycles. The highest BCUT2D eigenvalue weighted by molar-refractivity contribution is 5.96. The summed E-state index contributed by atoms with van der Waals surface area (Å²) < 4.78 is 6.94. The zero-order valence-electron chi connectivity index (χ0n) is 33.8. The van der Waals surface area contributed by atoms with Gasteiger partial charge in [0.2, 0.25) is 0 Å². The van der Waals surface area contributed by atoms with Crippen LogP contribution < -0.4 is 4.74 Å². The summed E-state index contributed by atoms with van der Waals surface area (Å²) >= 11 is 0. The molecule has 0 saturated carbocycles.